The summed E-state index contributed by atoms with van der Waals surface area (Å²) in [5.41, 5.74) is 2.98. The largest absolute Gasteiger partial charge is 0.294 e. The molecule has 2 nitrogen and oxygen atoms in total. The molecule has 0 fully saturated rings. The molecule has 0 saturated heterocycles. The number of hydrogen-bond donors (Lipinski definition) is 0. The van der Waals surface area contributed by atoms with Crippen molar-refractivity contribution < 1.29 is 9.59 Å². The molecule has 0 aliphatic rings. The van der Waals surface area contributed by atoms with Crippen molar-refractivity contribution in [1.29, 1.82) is 0 Å². The Hall–Kier alpha value is -1.29. The summed E-state index contributed by atoms with van der Waals surface area (Å²) in [6.07, 6.45) is 0. The Kier molecular flexibility index (Phi) is 5.56. The molecule has 0 heterocycles. The van der Waals surface area contributed by atoms with Crippen LogP contribution in [0.3, 0.4) is 0 Å². The average molecular weight is 367 g/mol. The molecule has 2 rings (SSSR count). The van der Waals surface area contributed by atoms with Crippen LogP contribution >= 0.6 is 35.0 Å². The Morgan fingerprint density at radius 2 is 1.13 bits per heavy atom. The summed E-state index contributed by atoms with van der Waals surface area (Å²) < 4.78 is 0. The quantitative estimate of drug-likeness (QED) is 0.606. The fraction of sp³-hybridized carbons (Fsp3) is 0.222. The van der Waals surface area contributed by atoms with Gasteiger partial charge in [0.25, 0.3) is 0 Å². The van der Waals surface area contributed by atoms with Gasteiger partial charge < -0.3 is 0 Å². The minimum Gasteiger partial charge on any atom is -0.294 e. The summed E-state index contributed by atoms with van der Waals surface area (Å²) in [6, 6.07) is 7.19. The topological polar surface area (TPSA) is 34.1 Å². The summed E-state index contributed by atoms with van der Waals surface area (Å²) in [6.45, 7) is 6.87. The molecule has 0 spiro atoms. The Morgan fingerprint density at radius 1 is 0.783 bits per heavy atom. The van der Waals surface area contributed by atoms with Crippen LogP contribution in [-0.2, 0) is 0 Å². The first-order valence-electron chi connectivity index (χ1n) is 7.00. The lowest BCUT2D eigenvalue weighted by molar-refractivity contribution is 0.100. The van der Waals surface area contributed by atoms with Crippen LogP contribution in [0.15, 0.2) is 34.1 Å². The van der Waals surface area contributed by atoms with Gasteiger partial charge in [0.05, 0.1) is 10.0 Å². The summed E-state index contributed by atoms with van der Waals surface area (Å²) in [7, 11) is 0. The van der Waals surface area contributed by atoms with Gasteiger partial charge in [-0.05, 0) is 63.1 Å². The van der Waals surface area contributed by atoms with Crippen LogP contribution in [0.4, 0.5) is 0 Å². The van der Waals surface area contributed by atoms with E-state index in [0.717, 1.165) is 20.9 Å². The number of hydrogen-bond acceptors (Lipinski definition) is 3. The fourth-order valence-corrected chi connectivity index (χ4v) is 3.96. The Labute approximate surface area is 150 Å². The van der Waals surface area contributed by atoms with Crippen LogP contribution in [0.2, 0.25) is 10.0 Å². The van der Waals surface area contributed by atoms with E-state index in [1.165, 1.54) is 25.6 Å². The highest BCUT2D eigenvalue weighted by Gasteiger charge is 2.14. The number of Topliss-reactive ketones (excluding diaryl/α,β-unsaturated/α-hetero) is 2. The second-order valence-electron chi connectivity index (χ2n) is 5.41. The molecule has 0 aliphatic carbocycles. The maximum absolute atomic E-state index is 11.5. The Morgan fingerprint density at radius 3 is 1.43 bits per heavy atom. The van der Waals surface area contributed by atoms with Crippen molar-refractivity contribution in [2.75, 3.05) is 0 Å². The maximum Gasteiger partial charge on any atom is 0.161 e. The van der Waals surface area contributed by atoms with Gasteiger partial charge in [-0.3, -0.25) is 9.59 Å². The molecule has 0 aliphatic heterocycles. The molecule has 0 radical (unpaired) electrons. The van der Waals surface area contributed by atoms with Crippen molar-refractivity contribution in [2.45, 2.75) is 37.5 Å². The summed E-state index contributed by atoms with van der Waals surface area (Å²) in [5, 5.41) is 0.879. The van der Waals surface area contributed by atoms with Gasteiger partial charge in [0.1, 0.15) is 0 Å². The third-order valence-electron chi connectivity index (χ3n) is 3.51. The number of carbonyl (C=O) groups is 2. The highest BCUT2D eigenvalue weighted by Crippen LogP contribution is 2.37. The number of halogens is 2. The van der Waals surface area contributed by atoms with Crippen molar-refractivity contribution in [3.05, 3.63) is 56.6 Å². The molecule has 5 heteroatoms. The smallest absolute Gasteiger partial charge is 0.161 e. The van der Waals surface area contributed by atoms with Crippen molar-refractivity contribution in [2.24, 2.45) is 0 Å². The van der Waals surface area contributed by atoms with Gasteiger partial charge in [0.15, 0.2) is 11.6 Å². The number of ketones is 2. The third-order valence-corrected chi connectivity index (χ3v) is 5.45. The molecular weight excluding hydrogens is 351 g/mol. The van der Waals surface area contributed by atoms with Crippen LogP contribution in [0.1, 0.15) is 45.7 Å². The molecule has 0 unspecified atom stereocenters. The normalized spacial score (nSPS) is 10.7. The van der Waals surface area contributed by atoms with E-state index in [4.69, 9.17) is 23.2 Å². The minimum absolute atomic E-state index is 0.0558. The lowest BCUT2D eigenvalue weighted by Crippen LogP contribution is -1.97. The number of benzene rings is 2. The molecular formula is C18H16Cl2O2S. The molecule has 0 atom stereocenters. The molecule has 2 aromatic carbocycles. The lowest BCUT2D eigenvalue weighted by atomic mass is 10.1. The van der Waals surface area contributed by atoms with Crippen molar-refractivity contribution in [3.63, 3.8) is 0 Å². The molecule has 23 heavy (non-hydrogen) atoms. The molecule has 0 N–H and O–H groups in total. The standard InChI is InChI=1S/C18H16Cl2O2S/c1-9-5-13(11(3)21)15(19)7-17(9)23-18-8-16(20)14(12(4)22)6-10(18)2/h5-8H,1-4H3. The predicted octanol–water partition coefficient (Wildman–Crippen LogP) is 6.17. The van der Waals surface area contributed by atoms with Crippen molar-refractivity contribution in [1.82, 2.24) is 0 Å². The van der Waals surface area contributed by atoms with E-state index in [-0.39, 0.29) is 11.6 Å². The summed E-state index contributed by atoms with van der Waals surface area (Å²) in [4.78, 5) is 25.0. The van der Waals surface area contributed by atoms with E-state index in [2.05, 4.69) is 0 Å². The van der Waals surface area contributed by atoms with E-state index in [0.29, 0.717) is 21.2 Å². The van der Waals surface area contributed by atoms with E-state index in [9.17, 15) is 9.59 Å². The molecule has 0 saturated carbocycles. The molecule has 0 bridgehead atoms. The van der Waals surface area contributed by atoms with Crippen LogP contribution in [0.5, 0.6) is 0 Å². The first-order valence-corrected chi connectivity index (χ1v) is 8.58. The van der Waals surface area contributed by atoms with E-state index in [1.54, 1.807) is 24.3 Å². The second kappa shape index (κ2) is 7.08. The van der Waals surface area contributed by atoms with Gasteiger partial charge in [-0.25, -0.2) is 0 Å². The van der Waals surface area contributed by atoms with Gasteiger partial charge in [-0.2, -0.15) is 0 Å². The third kappa shape index (κ3) is 3.97. The predicted molar refractivity (Wildman–Crippen MR) is 96.5 cm³/mol. The minimum atomic E-state index is -0.0558. The van der Waals surface area contributed by atoms with Gasteiger partial charge in [0, 0.05) is 20.9 Å². The zero-order valence-corrected chi connectivity index (χ0v) is 15.6. The summed E-state index contributed by atoms with van der Waals surface area (Å²) >= 11 is 13.9. The van der Waals surface area contributed by atoms with Gasteiger partial charge >= 0.3 is 0 Å². The molecule has 0 aromatic heterocycles. The second-order valence-corrected chi connectivity index (χ2v) is 7.31. The van der Waals surface area contributed by atoms with Crippen LogP contribution in [0.25, 0.3) is 0 Å². The zero-order chi connectivity index (χ0) is 17.3. The highest BCUT2D eigenvalue weighted by molar-refractivity contribution is 7.99. The lowest BCUT2D eigenvalue weighted by Gasteiger charge is -2.12. The Balaban J connectivity index is 2.44. The van der Waals surface area contributed by atoms with Crippen LogP contribution < -0.4 is 0 Å². The highest BCUT2D eigenvalue weighted by atomic mass is 35.5. The molecule has 2 aromatic rings. The molecule has 0 amide bonds. The first-order chi connectivity index (χ1) is 10.7. The first kappa shape index (κ1) is 18.1. The van der Waals surface area contributed by atoms with E-state index in [1.807, 2.05) is 13.8 Å². The van der Waals surface area contributed by atoms with Gasteiger partial charge in [-0.15, -0.1) is 0 Å². The molecule has 120 valence electrons. The van der Waals surface area contributed by atoms with Crippen LogP contribution in [-0.4, -0.2) is 11.6 Å². The van der Waals surface area contributed by atoms with Crippen molar-refractivity contribution in [3.8, 4) is 0 Å². The van der Waals surface area contributed by atoms with Crippen LogP contribution in [0, 0.1) is 13.8 Å². The number of aryl methyl sites for hydroxylation is 2. The summed E-state index contributed by atoms with van der Waals surface area (Å²) in [5.74, 6) is -0.112. The maximum atomic E-state index is 11.5. The van der Waals surface area contributed by atoms with Gasteiger partial charge in [-0.1, -0.05) is 35.0 Å². The fourth-order valence-electron chi connectivity index (χ4n) is 2.20. The van der Waals surface area contributed by atoms with E-state index >= 15 is 0 Å². The van der Waals surface area contributed by atoms with Crippen molar-refractivity contribution >= 4 is 46.5 Å². The van der Waals surface area contributed by atoms with E-state index < -0.39 is 0 Å². The number of rotatable bonds is 4. The SMILES string of the molecule is CC(=O)c1cc(C)c(Sc2cc(Cl)c(C(C)=O)cc2C)cc1Cl. The monoisotopic (exact) mass is 366 g/mol. The Bertz CT molecular complexity index is 746. The number of carbonyl (C=O) groups excluding carboxylic acids is 2. The average Bonchev–Trinajstić information content (AvgIpc) is 2.45. The van der Waals surface area contributed by atoms with Gasteiger partial charge in [0.2, 0.25) is 0 Å². The zero-order valence-electron chi connectivity index (χ0n) is 13.3.